The Hall–Kier alpha value is -2.38. The van der Waals surface area contributed by atoms with Crippen molar-refractivity contribution in [3.8, 4) is 5.75 Å². The van der Waals surface area contributed by atoms with E-state index in [1.165, 1.54) is 37.7 Å². The van der Waals surface area contributed by atoms with Gasteiger partial charge >= 0.3 is 0 Å². The highest BCUT2D eigenvalue weighted by molar-refractivity contribution is 5.75. The van der Waals surface area contributed by atoms with E-state index in [4.69, 9.17) is 9.47 Å². The average Bonchev–Trinajstić information content (AvgIpc) is 2.96. The van der Waals surface area contributed by atoms with E-state index in [0.29, 0.717) is 23.2 Å². The molecule has 2 aromatic carbocycles. The molecule has 3 atom stereocenters. The maximum absolute atomic E-state index is 12.8. The van der Waals surface area contributed by atoms with Crippen molar-refractivity contribution in [2.24, 2.45) is 11.8 Å². The van der Waals surface area contributed by atoms with Gasteiger partial charge in [0.15, 0.2) is 6.29 Å². The average molecular weight is 540 g/mol. The SMILES string of the molecule is CCCNCC(CC1CCCCC1)Nc1c(N2CCCC(Cc3cccc(OC(CC)OC)c3)C2)c(=O)c1=O. The van der Waals surface area contributed by atoms with E-state index in [1.807, 2.05) is 19.1 Å². The second-order valence-corrected chi connectivity index (χ2v) is 11.7. The molecule has 7 nitrogen and oxygen atoms in total. The molecule has 0 amide bonds. The van der Waals surface area contributed by atoms with Gasteiger partial charge in [0, 0.05) is 39.2 Å². The summed E-state index contributed by atoms with van der Waals surface area (Å²) < 4.78 is 11.3. The van der Waals surface area contributed by atoms with E-state index in [9.17, 15) is 9.59 Å². The normalized spacial score (nSPS) is 20.2. The number of hydrogen-bond donors (Lipinski definition) is 2. The molecule has 1 heterocycles. The van der Waals surface area contributed by atoms with Crippen LogP contribution in [0, 0.1) is 11.8 Å². The summed E-state index contributed by atoms with van der Waals surface area (Å²) in [5.74, 6) is 1.94. The predicted molar refractivity (Wildman–Crippen MR) is 160 cm³/mol. The minimum atomic E-state index is -0.343. The fraction of sp³-hybridized carbons (Fsp3) is 0.688. The molecule has 2 aliphatic rings. The standard InChI is InChI=1S/C32H49N3O4/c1-4-16-33-21-26(19-23-11-7-6-8-12-23)34-29-30(32(37)31(29)36)35-17-10-14-25(22-35)18-24-13-9-15-27(20-24)39-28(5-2)38-3/h9,13,15,20,23,25-26,28,33-34H,4-8,10-12,14,16-19,21-22H2,1-3H3. The number of rotatable bonds is 15. The first-order valence-electron chi connectivity index (χ1n) is 15.4. The Kier molecular flexibility index (Phi) is 11.3. The summed E-state index contributed by atoms with van der Waals surface area (Å²) in [6.07, 6.45) is 12.2. The smallest absolute Gasteiger partial charge is 0.253 e. The zero-order valence-electron chi connectivity index (χ0n) is 24.3. The molecule has 3 unspecified atom stereocenters. The summed E-state index contributed by atoms with van der Waals surface area (Å²) in [6.45, 7) is 7.62. The van der Waals surface area contributed by atoms with E-state index in [1.54, 1.807) is 7.11 Å². The Labute approximate surface area is 234 Å². The summed E-state index contributed by atoms with van der Waals surface area (Å²) in [5.41, 5.74) is 1.74. The number of nitrogens with one attached hydrogen (secondary N) is 2. The molecular formula is C32H49N3O4. The van der Waals surface area contributed by atoms with Crippen molar-refractivity contribution in [1.29, 1.82) is 0 Å². The summed E-state index contributed by atoms with van der Waals surface area (Å²) >= 11 is 0. The van der Waals surface area contributed by atoms with Crippen LogP contribution < -0.4 is 31.1 Å². The molecule has 216 valence electrons. The molecule has 1 aliphatic carbocycles. The molecule has 0 radical (unpaired) electrons. The third-order valence-corrected chi connectivity index (χ3v) is 8.52. The van der Waals surface area contributed by atoms with E-state index in [0.717, 1.165) is 70.5 Å². The summed E-state index contributed by atoms with van der Waals surface area (Å²) in [6, 6.07) is 8.42. The van der Waals surface area contributed by atoms with Gasteiger partial charge in [-0.25, -0.2) is 0 Å². The van der Waals surface area contributed by atoms with Crippen LogP contribution in [-0.4, -0.2) is 45.6 Å². The monoisotopic (exact) mass is 539 g/mol. The fourth-order valence-electron chi connectivity index (χ4n) is 6.45. The van der Waals surface area contributed by atoms with Crippen LogP contribution in [-0.2, 0) is 11.2 Å². The molecule has 2 fully saturated rings. The summed E-state index contributed by atoms with van der Waals surface area (Å²) in [5, 5.41) is 7.11. The van der Waals surface area contributed by atoms with Crippen LogP contribution in [0.5, 0.6) is 5.75 Å². The van der Waals surface area contributed by atoms with Crippen LogP contribution in [0.1, 0.15) is 83.6 Å². The lowest BCUT2D eigenvalue weighted by atomic mass is 9.84. The number of methoxy groups -OCH3 is 1. The van der Waals surface area contributed by atoms with Crippen molar-refractivity contribution in [3.05, 3.63) is 50.3 Å². The van der Waals surface area contributed by atoms with Crippen molar-refractivity contribution >= 4 is 11.4 Å². The Balaban J connectivity index is 1.41. The second kappa shape index (κ2) is 14.8. The minimum absolute atomic E-state index is 0.170. The molecule has 7 heteroatoms. The highest BCUT2D eigenvalue weighted by Crippen LogP contribution is 2.31. The number of nitrogens with zero attached hydrogens (tertiary/aromatic N) is 1. The number of piperidine rings is 1. The van der Waals surface area contributed by atoms with Crippen LogP contribution in [0.4, 0.5) is 11.4 Å². The van der Waals surface area contributed by atoms with Crippen LogP contribution >= 0.6 is 0 Å². The van der Waals surface area contributed by atoms with Crippen molar-refractivity contribution in [1.82, 2.24) is 5.32 Å². The molecule has 4 rings (SSSR count). The Morgan fingerprint density at radius 3 is 2.56 bits per heavy atom. The van der Waals surface area contributed by atoms with Gasteiger partial charge in [0.05, 0.1) is 0 Å². The Morgan fingerprint density at radius 1 is 1.03 bits per heavy atom. The first-order valence-corrected chi connectivity index (χ1v) is 15.4. The van der Waals surface area contributed by atoms with E-state index < -0.39 is 0 Å². The number of hydrogen-bond acceptors (Lipinski definition) is 7. The summed E-state index contributed by atoms with van der Waals surface area (Å²) in [7, 11) is 1.67. The molecule has 1 aliphatic heterocycles. The molecule has 0 spiro atoms. The minimum Gasteiger partial charge on any atom is -0.465 e. The van der Waals surface area contributed by atoms with Gasteiger partial charge in [-0.2, -0.15) is 0 Å². The third-order valence-electron chi connectivity index (χ3n) is 8.52. The number of ether oxygens (including phenoxy) is 2. The zero-order valence-corrected chi connectivity index (χ0v) is 24.3. The second-order valence-electron chi connectivity index (χ2n) is 11.7. The fourth-order valence-corrected chi connectivity index (χ4v) is 6.45. The molecule has 2 aromatic rings. The lowest BCUT2D eigenvalue weighted by Gasteiger charge is -2.37. The van der Waals surface area contributed by atoms with E-state index in [2.05, 4.69) is 34.6 Å². The molecule has 2 N–H and O–H groups in total. The Bertz CT molecular complexity index is 1090. The van der Waals surface area contributed by atoms with Crippen molar-refractivity contribution < 1.29 is 9.47 Å². The van der Waals surface area contributed by atoms with Gasteiger partial charge in [-0.05, 0) is 68.2 Å². The van der Waals surface area contributed by atoms with Crippen molar-refractivity contribution in [3.63, 3.8) is 0 Å². The molecule has 0 aromatic heterocycles. The predicted octanol–water partition coefficient (Wildman–Crippen LogP) is 5.25. The molecule has 1 saturated carbocycles. The van der Waals surface area contributed by atoms with E-state index >= 15 is 0 Å². The van der Waals surface area contributed by atoms with Gasteiger partial charge in [0.2, 0.25) is 0 Å². The lowest BCUT2D eigenvalue weighted by Crippen LogP contribution is -2.48. The van der Waals surface area contributed by atoms with Crippen LogP contribution in [0.3, 0.4) is 0 Å². The van der Waals surface area contributed by atoms with Gasteiger partial charge in [-0.15, -0.1) is 0 Å². The van der Waals surface area contributed by atoms with Gasteiger partial charge in [-0.1, -0.05) is 58.1 Å². The molecule has 1 saturated heterocycles. The maximum Gasteiger partial charge on any atom is 0.253 e. The first-order chi connectivity index (χ1) is 19.0. The van der Waals surface area contributed by atoms with E-state index in [-0.39, 0.29) is 23.2 Å². The van der Waals surface area contributed by atoms with Crippen molar-refractivity contribution in [2.45, 2.75) is 96.8 Å². The molecular weight excluding hydrogens is 490 g/mol. The largest absolute Gasteiger partial charge is 0.465 e. The van der Waals surface area contributed by atoms with Crippen molar-refractivity contribution in [2.75, 3.05) is 43.5 Å². The highest BCUT2D eigenvalue weighted by atomic mass is 16.7. The molecule has 0 bridgehead atoms. The third kappa shape index (κ3) is 8.07. The quantitative estimate of drug-likeness (QED) is 0.182. The summed E-state index contributed by atoms with van der Waals surface area (Å²) in [4.78, 5) is 27.8. The van der Waals surface area contributed by atoms with Gasteiger partial charge in [0.25, 0.3) is 10.9 Å². The zero-order chi connectivity index (χ0) is 27.6. The molecule has 39 heavy (non-hydrogen) atoms. The number of benzene rings is 1. The van der Waals surface area contributed by atoms with Gasteiger partial charge in [0.1, 0.15) is 17.1 Å². The maximum atomic E-state index is 12.8. The Morgan fingerprint density at radius 2 is 1.82 bits per heavy atom. The first kappa shape index (κ1) is 29.6. The van der Waals surface area contributed by atoms with Gasteiger partial charge < -0.3 is 25.0 Å². The number of anilines is 2. The van der Waals surface area contributed by atoms with Gasteiger partial charge in [-0.3, -0.25) is 9.59 Å². The van der Waals surface area contributed by atoms with Crippen LogP contribution in [0.15, 0.2) is 33.9 Å². The van der Waals surface area contributed by atoms with Crippen LogP contribution in [0.25, 0.3) is 0 Å². The topological polar surface area (TPSA) is 79.9 Å². The highest BCUT2D eigenvalue weighted by Gasteiger charge is 2.31. The van der Waals surface area contributed by atoms with Crippen LogP contribution in [0.2, 0.25) is 0 Å². The lowest BCUT2D eigenvalue weighted by molar-refractivity contribution is -0.0548.